The number of carbonyl (C=O) groups excluding carboxylic acids is 1. The van der Waals surface area contributed by atoms with E-state index in [-0.39, 0.29) is 5.91 Å². The van der Waals surface area contributed by atoms with Gasteiger partial charge in [0.1, 0.15) is 12.4 Å². The number of amides is 1. The molecule has 0 radical (unpaired) electrons. The molecule has 0 fully saturated rings. The van der Waals surface area contributed by atoms with Gasteiger partial charge in [-0.05, 0) is 35.9 Å². The van der Waals surface area contributed by atoms with Crippen molar-refractivity contribution in [2.75, 3.05) is 33.4 Å². The smallest absolute Gasteiger partial charge is 0.251 e. The average molecular weight is 363 g/mol. The van der Waals surface area contributed by atoms with Gasteiger partial charge in [-0.15, -0.1) is 0 Å². The van der Waals surface area contributed by atoms with Crippen LogP contribution in [-0.4, -0.2) is 39.3 Å². The molecular formula is C19H23ClN2O3. The molecular weight excluding hydrogens is 340 g/mol. The van der Waals surface area contributed by atoms with E-state index in [1.807, 2.05) is 36.4 Å². The Morgan fingerprint density at radius 3 is 2.64 bits per heavy atom. The van der Waals surface area contributed by atoms with E-state index < -0.39 is 0 Å². The topological polar surface area (TPSA) is 59.6 Å². The van der Waals surface area contributed by atoms with Gasteiger partial charge in [-0.3, -0.25) is 4.79 Å². The predicted molar refractivity (Wildman–Crippen MR) is 99.3 cm³/mol. The van der Waals surface area contributed by atoms with Gasteiger partial charge in [0.25, 0.3) is 5.91 Å². The van der Waals surface area contributed by atoms with Gasteiger partial charge in [0, 0.05) is 37.3 Å². The third-order valence-electron chi connectivity index (χ3n) is 3.49. The van der Waals surface area contributed by atoms with Crippen molar-refractivity contribution in [2.24, 2.45) is 0 Å². The number of halogens is 1. The fourth-order valence-electron chi connectivity index (χ4n) is 2.14. The van der Waals surface area contributed by atoms with Gasteiger partial charge in [0.15, 0.2) is 0 Å². The summed E-state index contributed by atoms with van der Waals surface area (Å²) in [6, 6.07) is 14.6. The monoisotopic (exact) mass is 362 g/mol. The van der Waals surface area contributed by atoms with Crippen molar-refractivity contribution in [2.45, 2.75) is 6.61 Å². The Kier molecular flexibility index (Phi) is 8.25. The van der Waals surface area contributed by atoms with E-state index in [0.717, 1.165) is 12.1 Å². The SMILES string of the molecule is COCCNCCNC(=O)c1cccc(OCc2ccc(Cl)cc2)c1. The fraction of sp³-hybridized carbons (Fsp3) is 0.316. The number of methoxy groups -OCH3 is 1. The largest absolute Gasteiger partial charge is 0.489 e. The number of benzene rings is 2. The summed E-state index contributed by atoms with van der Waals surface area (Å²) < 4.78 is 10.7. The number of hydrogen-bond donors (Lipinski definition) is 2. The molecule has 0 aliphatic carbocycles. The summed E-state index contributed by atoms with van der Waals surface area (Å²) in [5.41, 5.74) is 1.59. The first-order valence-electron chi connectivity index (χ1n) is 8.14. The molecule has 2 aromatic rings. The van der Waals surface area contributed by atoms with Crippen molar-refractivity contribution in [3.05, 3.63) is 64.7 Å². The van der Waals surface area contributed by atoms with Crippen LogP contribution in [0.2, 0.25) is 5.02 Å². The van der Waals surface area contributed by atoms with Crippen LogP contribution in [0.4, 0.5) is 0 Å². The summed E-state index contributed by atoms with van der Waals surface area (Å²) in [6.07, 6.45) is 0. The van der Waals surface area contributed by atoms with Crippen LogP contribution in [0.5, 0.6) is 5.75 Å². The molecule has 2 rings (SSSR count). The second-order valence-electron chi connectivity index (χ2n) is 5.44. The molecule has 1 amide bonds. The van der Waals surface area contributed by atoms with Crippen LogP contribution >= 0.6 is 11.6 Å². The van der Waals surface area contributed by atoms with Crippen LogP contribution in [-0.2, 0) is 11.3 Å². The maximum absolute atomic E-state index is 12.2. The predicted octanol–water partition coefficient (Wildman–Crippen LogP) is 2.88. The lowest BCUT2D eigenvalue weighted by Gasteiger charge is -2.09. The van der Waals surface area contributed by atoms with Crippen LogP contribution in [0.1, 0.15) is 15.9 Å². The van der Waals surface area contributed by atoms with Gasteiger partial charge >= 0.3 is 0 Å². The van der Waals surface area contributed by atoms with Crippen LogP contribution < -0.4 is 15.4 Å². The molecule has 0 atom stereocenters. The first kappa shape index (κ1) is 19.2. The lowest BCUT2D eigenvalue weighted by molar-refractivity contribution is 0.0953. The van der Waals surface area contributed by atoms with Crippen molar-refractivity contribution in [3.63, 3.8) is 0 Å². The van der Waals surface area contributed by atoms with E-state index in [4.69, 9.17) is 21.1 Å². The Labute approximate surface area is 153 Å². The first-order chi connectivity index (χ1) is 12.2. The Bertz CT molecular complexity index is 662. The molecule has 0 spiro atoms. The summed E-state index contributed by atoms with van der Waals surface area (Å²) in [5.74, 6) is 0.534. The van der Waals surface area contributed by atoms with Gasteiger partial charge in [0.2, 0.25) is 0 Å². The molecule has 0 saturated heterocycles. The number of carbonyl (C=O) groups is 1. The molecule has 0 bridgehead atoms. The summed E-state index contributed by atoms with van der Waals surface area (Å²) in [7, 11) is 1.66. The number of rotatable bonds is 10. The lowest BCUT2D eigenvalue weighted by Crippen LogP contribution is -2.33. The van der Waals surface area contributed by atoms with Crippen LogP contribution in [0.25, 0.3) is 0 Å². The zero-order valence-corrected chi connectivity index (χ0v) is 15.0. The molecule has 25 heavy (non-hydrogen) atoms. The number of nitrogens with one attached hydrogen (secondary N) is 2. The molecule has 0 aromatic heterocycles. The minimum Gasteiger partial charge on any atom is -0.489 e. The van der Waals surface area contributed by atoms with Crippen molar-refractivity contribution >= 4 is 17.5 Å². The fourth-order valence-corrected chi connectivity index (χ4v) is 2.27. The lowest BCUT2D eigenvalue weighted by atomic mass is 10.2. The Balaban J connectivity index is 1.79. The molecule has 0 aliphatic heterocycles. The van der Waals surface area contributed by atoms with Crippen molar-refractivity contribution < 1.29 is 14.3 Å². The standard InChI is InChI=1S/C19H23ClN2O3/c1-24-12-11-21-9-10-22-19(23)16-3-2-4-18(13-16)25-14-15-5-7-17(20)8-6-15/h2-8,13,21H,9-12,14H2,1H3,(H,22,23). The third kappa shape index (κ3) is 7.13. The number of ether oxygens (including phenoxy) is 2. The molecule has 0 aliphatic rings. The van der Waals surface area contributed by atoms with Crippen LogP contribution in [0, 0.1) is 0 Å². The van der Waals surface area contributed by atoms with Crippen LogP contribution in [0.15, 0.2) is 48.5 Å². The molecule has 0 unspecified atom stereocenters. The normalized spacial score (nSPS) is 10.5. The first-order valence-corrected chi connectivity index (χ1v) is 8.52. The van der Waals surface area contributed by atoms with E-state index in [1.54, 1.807) is 19.2 Å². The van der Waals surface area contributed by atoms with Crippen LogP contribution in [0.3, 0.4) is 0 Å². The molecule has 0 saturated carbocycles. The highest BCUT2D eigenvalue weighted by atomic mass is 35.5. The third-order valence-corrected chi connectivity index (χ3v) is 3.74. The highest BCUT2D eigenvalue weighted by Gasteiger charge is 2.06. The van der Waals surface area contributed by atoms with E-state index in [0.29, 0.717) is 42.6 Å². The zero-order valence-electron chi connectivity index (χ0n) is 14.3. The summed E-state index contributed by atoms with van der Waals surface area (Å²) in [6.45, 7) is 3.09. The Morgan fingerprint density at radius 1 is 1.08 bits per heavy atom. The van der Waals surface area contributed by atoms with Crippen molar-refractivity contribution in [1.82, 2.24) is 10.6 Å². The van der Waals surface area contributed by atoms with E-state index in [2.05, 4.69) is 10.6 Å². The molecule has 2 N–H and O–H groups in total. The van der Waals surface area contributed by atoms with Gasteiger partial charge < -0.3 is 20.1 Å². The minimum atomic E-state index is -0.120. The molecule has 6 heteroatoms. The zero-order chi connectivity index (χ0) is 17.9. The summed E-state index contributed by atoms with van der Waals surface area (Å²) >= 11 is 5.87. The number of hydrogen-bond acceptors (Lipinski definition) is 4. The molecule has 0 heterocycles. The van der Waals surface area contributed by atoms with Gasteiger partial charge in [-0.1, -0.05) is 29.8 Å². The van der Waals surface area contributed by atoms with E-state index in [9.17, 15) is 4.79 Å². The van der Waals surface area contributed by atoms with E-state index in [1.165, 1.54) is 0 Å². The summed E-state index contributed by atoms with van der Waals surface area (Å²) in [4.78, 5) is 12.2. The van der Waals surface area contributed by atoms with Gasteiger partial charge in [-0.25, -0.2) is 0 Å². The molecule has 134 valence electrons. The second kappa shape index (κ2) is 10.7. The Hall–Kier alpha value is -2.08. The average Bonchev–Trinajstić information content (AvgIpc) is 2.64. The second-order valence-corrected chi connectivity index (χ2v) is 5.88. The van der Waals surface area contributed by atoms with Crippen molar-refractivity contribution in [3.8, 4) is 5.75 Å². The van der Waals surface area contributed by atoms with Crippen molar-refractivity contribution in [1.29, 1.82) is 0 Å². The molecule has 2 aromatic carbocycles. The maximum atomic E-state index is 12.2. The highest BCUT2D eigenvalue weighted by Crippen LogP contribution is 2.16. The van der Waals surface area contributed by atoms with Gasteiger partial charge in [0.05, 0.1) is 6.61 Å². The highest BCUT2D eigenvalue weighted by molar-refractivity contribution is 6.30. The summed E-state index contributed by atoms with van der Waals surface area (Å²) in [5, 5.41) is 6.74. The quantitative estimate of drug-likeness (QED) is 0.638. The Morgan fingerprint density at radius 2 is 1.88 bits per heavy atom. The molecule has 5 nitrogen and oxygen atoms in total. The van der Waals surface area contributed by atoms with Gasteiger partial charge in [-0.2, -0.15) is 0 Å². The van der Waals surface area contributed by atoms with E-state index >= 15 is 0 Å². The minimum absolute atomic E-state index is 0.120. The maximum Gasteiger partial charge on any atom is 0.251 e.